The van der Waals surface area contributed by atoms with E-state index in [9.17, 15) is 9.59 Å². The molecule has 0 aromatic heterocycles. The summed E-state index contributed by atoms with van der Waals surface area (Å²) in [7, 11) is 0. The molecule has 27 heavy (non-hydrogen) atoms. The largest absolute Gasteiger partial charge is 0.445 e. The molecule has 2 amide bonds. The minimum Gasteiger partial charge on any atom is -0.445 e. The second-order valence-corrected chi connectivity index (χ2v) is 6.86. The van der Waals surface area contributed by atoms with Crippen molar-refractivity contribution in [3.05, 3.63) is 71.8 Å². The average Bonchev–Trinajstić information content (AvgIpc) is 2.98. The fourth-order valence-corrected chi connectivity index (χ4v) is 3.40. The Kier molecular flexibility index (Phi) is 6.85. The van der Waals surface area contributed by atoms with Crippen molar-refractivity contribution in [2.75, 3.05) is 19.6 Å². The van der Waals surface area contributed by atoms with E-state index >= 15 is 0 Å². The molecular formula is C22H26N2O3. The molecule has 0 radical (unpaired) electrons. The van der Waals surface area contributed by atoms with Crippen molar-refractivity contribution in [1.29, 1.82) is 0 Å². The van der Waals surface area contributed by atoms with E-state index in [1.165, 1.54) is 5.56 Å². The van der Waals surface area contributed by atoms with Crippen molar-refractivity contribution in [2.24, 2.45) is 0 Å². The molecule has 1 aliphatic heterocycles. The number of carbonyl (C=O) groups excluding carboxylic acids is 2. The van der Waals surface area contributed by atoms with E-state index in [1.807, 2.05) is 53.4 Å². The number of carbonyl (C=O) groups is 2. The lowest BCUT2D eigenvalue weighted by atomic mass is 9.94. The molecule has 0 aliphatic carbocycles. The first kappa shape index (κ1) is 19.0. The van der Waals surface area contributed by atoms with Crippen LogP contribution in [0.3, 0.4) is 0 Å². The standard InChI is InChI=1S/C22H26N2O3/c25-21(15-23-22(26)27-17-18-9-3-1-4-10-18)24-14-8-7-13-20(16-24)19-11-5-2-6-12-19/h1-6,9-12,20H,7-8,13-17H2,(H,23,26)/t20-/m1/s1. The van der Waals surface area contributed by atoms with Crippen LogP contribution in [0, 0.1) is 0 Å². The van der Waals surface area contributed by atoms with Gasteiger partial charge in [0.2, 0.25) is 5.91 Å². The Labute approximate surface area is 160 Å². The minimum atomic E-state index is -0.568. The van der Waals surface area contributed by atoms with Gasteiger partial charge in [-0.2, -0.15) is 0 Å². The summed E-state index contributed by atoms with van der Waals surface area (Å²) in [5.74, 6) is 0.289. The summed E-state index contributed by atoms with van der Waals surface area (Å²) in [6, 6.07) is 19.8. The molecule has 2 aromatic rings. The molecular weight excluding hydrogens is 340 g/mol. The molecule has 5 heteroatoms. The van der Waals surface area contributed by atoms with E-state index in [4.69, 9.17) is 4.74 Å². The fourth-order valence-electron chi connectivity index (χ4n) is 3.40. The number of nitrogens with zero attached hydrogens (tertiary/aromatic N) is 1. The number of hydrogen-bond acceptors (Lipinski definition) is 3. The van der Waals surface area contributed by atoms with Gasteiger partial charge >= 0.3 is 6.09 Å². The van der Waals surface area contributed by atoms with E-state index in [0.29, 0.717) is 12.5 Å². The van der Waals surface area contributed by atoms with Crippen LogP contribution in [0.1, 0.15) is 36.3 Å². The summed E-state index contributed by atoms with van der Waals surface area (Å²) >= 11 is 0. The van der Waals surface area contributed by atoms with Gasteiger partial charge in [-0.25, -0.2) is 4.79 Å². The summed E-state index contributed by atoms with van der Waals surface area (Å²) < 4.78 is 5.16. The molecule has 1 saturated heterocycles. The maximum absolute atomic E-state index is 12.6. The van der Waals surface area contributed by atoms with Gasteiger partial charge in [0.05, 0.1) is 0 Å². The van der Waals surface area contributed by atoms with Crippen molar-refractivity contribution in [3.8, 4) is 0 Å². The Morgan fingerprint density at radius 1 is 1.00 bits per heavy atom. The quantitative estimate of drug-likeness (QED) is 0.878. The highest BCUT2D eigenvalue weighted by Gasteiger charge is 2.23. The molecule has 1 N–H and O–H groups in total. The predicted molar refractivity (Wildman–Crippen MR) is 104 cm³/mol. The zero-order chi connectivity index (χ0) is 18.9. The molecule has 5 nitrogen and oxygen atoms in total. The summed E-state index contributed by atoms with van der Waals surface area (Å²) in [5, 5.41) is 2.57. The average molecular weight is 366 g/mol. The van der Waals surface area contributed by atoms with Crippen molar-refractivity contribution in [1.82, 2.24) is 10.2 Å². The van der Waals surface area contributed by atoms with E-state index in [0.717, 1.165) is 31.4 Å². The second kappa shape index (κ2) is 9.76. The maximum Gasteiger partial charge on any atom is 0.407 e. The second-order valence-electron chi connectivity index (χ2n) is 6.86. The van der Waals surface area contributed by atoms with Crippen LogP contribution < -0.4 is 5.32 Å². The number of hydrogen-bond donors (Lipinski definition) is 1. The number of benzene rings is 2. The zero-order valence-corrected chi connectivity index (χ0v) is 15.5. The van der Waals surface area contributed by atoms with Crippen molar-refractivity contribution in [3.63, 3.8) is 0 Å². The van der Waals surface area contributed by atoms with Crippen molar-refractivity contribution >= 4 is 12.0 Å². The van der Waals surface area contributed by atoms with Gasteiger partial charge in [-0.15, -0.1) is 0 Å². The molecule has 0 bridgehead atoms. The van der Waals surface area contributed by atoms with Crippen LogP contribution in [0.5, 0.6) is 0 Å². The molecule has 1 fully saturated rings. The number of ether oxygens (including phenoxy) is 1. The molecule has 0 unspecified atom stereocenters. The lowest BCUT2D eigenvalue weighted by Gasteiger charge is -2.25. The third-order valence-corrected chi connectivity index (χ3v) is 4.89. The van der Waals surface area contributed by atoms with Gasteiger partial charge in [-0.05, 0) is 24.0 Å². The SMILES string of the molecule is O=C(NCC(=O)N1CCCC[C@@H](c2ccccc2)C1)OCc1ccccc1. The molecule has 0 saturated carbocycles. The summed E-state index contributed by atoms with van der Waals surface area (Å²) in [4.78, 5) is 26.3. The van der Waals surface area contributed by atoms with Crippen LogP contribution >= 0.6 is 0 Å². The van der Waals surface area contributed by atoms with Crippen LogP contribution in [0.2, 0.25) is 0 Å². The lowest BCUT2D eigenvalue weighted by molar-refractivity contribution is -0.130. The zero-order valence-electron chi connectivity index (χ0n) is 15.5. The highest BCUT2D eigenvalue weighted by atomic mass is 16.5. The number of rotatable bonds is 5. The molecule has 142 valence electrons. The van der Waals surface area contributed by atoms with Gasteiger partial charge in [0.15, 0.2) is 0 Å². The Morgan fingerprint density at radius 3 is 2.44 bits per heavy atom. The number of amides is 2. The molecule has 1 atom stereocenters. The first-order chi connectivity index (χ1) is 13.2. The van der Waals surface area contributed by atoms with E-state index in [1.54, 1.807) is 0 Å². The van der Waals surface area contributed by atoms with E-state index < -0.39 is 6.09 Å². The monoisotopic (exact) mass is 366 g/mol. The first-order valence-corrected chi connectivity index (χ1v) is 9.49. The number of likely N-dealkylation sites (tertiary alicyclic amines) is 1. The topological polar surface area (TPSA) is 58.6 Å². The summed E-state index contributed by atoms with van der Waals surface area (Å²) in [5.41, 5.74) is 2.18. The molecule has 1 aliphatic rings. The van der Waals surface area contributed by atoms with Crippen molar-refractivity contribution < 1.29 is 14.3 Å². The predicted octanol–water partition coefficient (Wildman–Crippen LogP) is 3.71. The van der Waals surface area contributed by atoms with Gasteiger partial charge in [-0.1, -0.05) is 67.1 Å². The fraction of sp³-hybridized carbons (Fsp3) is 0.364. The highest BCUT2D eigenvalue weighted by Crippen LogP contribution is 2.26. The Hall–Kier alpha value is -2.82. The van der Waals surface area contributed by atoms with Crippen LogP contribution in [0.4, 0.5) is 4.79 Å². The smallest absolute Gasteiger partial charge is 0.407 e. The Bertz CT molecular complexity index is 734. The molecule has 3 rings (SSSR count). The van der Waals surface area contributed by atoms with Gasteiger partial charge < -0.3 is 15.0 Å². The van der Waals surface area contributed by atoms with Crippen LogP contribution in [-0.2, 0) is 16.1 Å². The van der Waals surface area contributed by atoms with Crippen LogP contribution in [0.15, 0.2) is 60.7 Å². The van der Waals surface area contributed by atoms with E-state index in [-0.39, 0.29) is 19.1 Å². The van der Waals surface area contributed by atoms with Crippen LogP contribution in [0.25, 0.3) is 0 Å². The third kappa shape index (κ3) is 5.84. The Balaban J connectivity index is 1.47. The summed E-state index contributed by atoms with van der Waals surface area (Å²) in [6.45, 7) is 1.60. The first-order valence-electron chi connectivity index (χ1n) is 9.49. The normalized spacial score (nSPS) is 17.0. The molecule has 0 spiro atoms. The minimum absolute atomic E-state index is 0.0326. The number of nitrogens with one attached hydrogen (secondary N) is 1. The van der Waals surface area contributed by atoms with Gasteiger partial charge in [0.25, 0.3) is 0 Å². The van der Waals surface area contributed by atoms with E-state index in [2.05, 4.69) is 17.4 Å². The Morgan fingerprint density at radius 2 is 1.70 bits per heavy atom. The van der Waals surface area contributed by atoms with Gasteiger partial charge in [-0.3, -0.25) is 4.79 Å². The highest BCUT2D eigenvalue weighted by molar-refractivity contribution is 5.82. The maximum atomic E-state index is 12.6. The molecule has 1 heterocycles. The lowest BCUT2D eigenvalue weighted by Crippen LogP contribution is -2.41. The van der Waals surface area contributed by atoms with Crippen LogP contribution in [-0.4, -0.2) is 36.5 Å². The molecule has 2 aromatic carbocycles. The number of alkyl carbamates (subject to hydrolysis) is 1. The third-order valence-electron chi connectivity index (χ3n) is 4.89. The van der Waals surface area contributed by atoms with Crippen molar-refractivity contribution in [2.45, 2.75) is 31.8 Å². The van der Waals surface area contributed by atoms with Gasteiger partial charge in [0, 0.05) is 19.0 Å². The summed E-state index contributed by atoms with van der Waals surface area (Å²) in [6.07, 6.45) is 2.62. The van der Waals surface area contributed by atoms with Gasteiger partial charge in [0.1, 0.15) is 13.2 Å².